The van der Waals surface area contributed by atoms with Gasteiger partial charge in [-0.1, -0.05) is 30.3 Å². The topological polar surface area (TPSA) is 65.5 Å². The second-order valence-corrected chi connectivity index (χ2v) is 3.51. The van der Waals surface area contributed by atoms with Gasteiger partial charge in [0.1, 0.15) is 17.1 Å². The molecule has 2 aromatic rings. The summed E-state index contributed by atoms with van der Waals surface area (Å²) in [5, 5.41) is 0. The van der Waals surface area contributed by atoms with Crippen LogP contribution in [0, 0.1) is 0 Å². The molecule has 96 valence electrons. The van der Waals surface area contributed by atoms with E-state index < -0.39 is 5.97 Å². The van der Waals surface area contributed by atoms with Crippen molar-refractivity contribution < 1.29 is 13.9 Å². The maximum absolute atomic E-state index is 11.5. The van der Waals surface area contributed by atoms with E-state index in [0.29, 0.717) is 17.1 Å². The highest BCUT2D eigenvalue weighted by atomic mass is 35.5. The van der Waals surface area contributed by atoms with E-state index >= 15 is 0 Å². The Kier molecular flexibility index (Phi) is 4.95. The molecule has 2 N–H and O–H groups in total. The van der Waals surface area contributed by atoms with Crippen LogP contribution in [0.15, 0.2) is 40.8 Å². The van der Waals surface area contributed by atoms with Gasteiger partial charge < -0.3 is 14.9 Å². The molecule has 0 saturated carbocycles. The van der Waals surface area contributed by atoms with Crippen LogP contribution in [-0.2, 0) is 11.3 Å². The van der Waals surface area contributed by atoms with Crippen molar-refractivity contribution in [2.75, 3.05) is 7.11 Å². The average molecular weight is 268 g/mol. The predicted octanol–water partition coefficient (Wildman–Crippen LogP) is 2.61. The summed E-state index contributed by atoms with van der Waals surface area (Å²) in [7, 11) is 1.33. The molecule has 0 atom stereocenters. The molecular weight excluding hydrogens is 254 g/mol. The van der Waals surface area contributed by atoms with E-state index in [-0.39, 0.29) is 19.0 Å². The highest BCUT2D eigenvalue weighted by molar-refractivity contribution is 5.91. The summed E-state index contributed by atoms with van der Waals surface area (Å²) in [6.45, 7) is 0.164. The van der Waals surface area contributed by atoms with Crippen LogP contribution in [0.4, 0.5) is 0 Å². The van der Waals surface area contributed by atoms with Crippen LogP contribution in [0.1, 0.15) is 16.1 Å². The largest absolute Gasteiger partial charge is 0.465 e. The van der Waals surface area contributed by atoms with E-state index in [2.05, 4.69) is 4.74 Å². The summed E-state index contributed by atoms with van der Waals surface area (Å²) in [5.74, 6) is 0.624. The van der Waals surface area contributed by atoms with E-state index in [1.807, 2.05) is 30.3 Å². The third kappa shape index (κ3) is 2.72. The van der Waals surface area contributed by atoms with Crippen LogP contribution in [0.3, 0.4) is 0 Å². The highest BCUT2D eigenvalue weighted by Gasteiger charge is 2.17. The number of furan rings is 1. The van der Waals surface area contributed by atoms with Gasteiger partial charge in [-0.15, -0.1) is 12.4 Å². The van der Waals surface area contributed by atoms with Crippen molar-refractivity contribution in [3.8, 4) is 11.3 Å². The van der Waals surface area contributed by atoms with Crippen molar-refractivity contribution in [3.05, 3.63) is 47.7 Å². The summed E-state index contributed by atoms with van der Waals surface area (Å²) in [4.78, 5) is 11.5. The Balaban J connectivity index is 0.00000162. The van der Waals surface area contributed by atoms with Crippen molar-refractivity contribution >= 4 is 18.4 Å². The van der Waals surface area contributed by atoms with Crippen molar-refractivity contribution in [2.45, 2.75) is 6.54 Å². The normalized spacial score (nSPS) is 9.67. The van der Waals surface area contributed by atoms with Gasteiger partial charge in [0.05, 0.1) is 13.7 Å². The van der Waals surface area contributed by atoms with Gasteiger partial charge in [0.15, 0.2) is 0 Å². The number of carbonyl (C=O) groups is 1. The van der Waals surface area contributed by atoms with Crippen molar-refractivity contribution in [1.29, 1.82) is 0 Å². The Bertz CT molecular complexity index is 522. The lowest BCUT2D eigenvalue weighted by Gasteiger charge is -1.96. The molecule has 1 aromatic carbocycles. The minimum Gasteiger partial charge on any atom is -0.465 e. The lowest BCUT2D eigenvalue weighted by Crippen LogP contribution is -2.05. The van der Waals surface area contributed by atoms with Crippen LogP contribution >= 0.6 is 12.4 Å². The fourth-order valence-electron chi connectivity index (χ4n) is 1.61. The number of ether oxygens (including phenoxy) is 1. The molecule has 1 heterocycles. The molecule has 0 spiro atoms. The molecule has 0 radical (unpaired) electrons. The van der Waals surface area contributed by atoms with Gasteiger partial charge in [-0.05, 0) is 6.07 Å². The quantitative estimate of drug-likeness (QED) is 0.868. The molecular formula is C13H14ClNO3. The van der Waals surface area contributed by atoms with Crippen LogP contribution in [0.5, 0.6) is 0 Å². The number of methoxy groups -OCH3 is 1. The van der Waals surface area contributed by atoms with Gasteiger partial charge in [-0.3, -0.25) is 0 Å². The summed E-state index contributed by atoms with van der Waals surface area (Å²) in [6.07, 6.45) is 0. The molecule has 4 nitrogen and oxygen atoms in total. The van der Waals surface area contributed by atoms with E-state index in [1.165, 1.54) is 7.11 Å². The Morgan fingerprint density at radius 2 is 2.00 bits per heavy atom. The Morgan fingerprint density at radius 3 is 2.56 bits per heavy atom. The third-order valence-electron chi connectivity index (χ3n) is 2.46. The lowest BCUT2D eigenvalue weighted by molar-refractivity contribution is 0.0598. The predicted molar refractivity (Wildman–Crippen MR) is 70.6 cm³/mol. The number of nitrogens with two attached hydrogens (primary N) is 1. The van der Waals surface area contributed by atoms with Gasteiger partial charge in [-0.2, -0.15) is 0 Å². The van der Waals surface area contributed by atoms with Gasteiger partial charge in [0, 0.05) is 5.56 Å². The maximum atomic E-state index is 11.5. The van der Waals surface area contributed by atoms with Crippen molar-refractivity contribution in [1.82, 2.24) is 0 Å². The number of esters is 1. The molecule has 0 aliphatic carbocycles. The first-order valence-corrected chi connectivity index (χ1v) is 5.22. The van der Waals surface area contributed by atoms with Crippen LogP contribution in [0.2, 0.25) is 0 Å². The molecule has 18 heavy (non-hydrogen) atoms. The number of halogens is 1. The number of rotatable bonds is 3. The summed E-state index contributed by atoms with van der Waals surface area (Å²) in [5.41, 5.74) is 6.82. The van der Waals surface area contributed by atoms with Gasteiger partial charge in [-0.25, -0.2) is 4.79 Å². The first-order valence-electron chi connectivity index (χ1n) is 5.22. The van der Waals surface area contributed by atoms with Gasteiger partial charge in [0.2, 0.25) is 0 Å². The Hall–Kier alpha value is -1.78. The Morgan fingerprint density at radius 1 is 1.33 bits per heavy atom. The summed E-state index contributed by atoms with van der Waals surface area (Å²) < 4.78 is 10.2. The summed E-state index contributed by atoms with van der Waals surface area (Å²) >= 11 is 0. The number of carbonyl (C=O) groups excluding carboxylic acids is 1. The van der Waals surface area contributed by atoms with Gasteiger partial charge >= 0.3 is 5.97 Å². The SMILES string of the molecule is COC(=O)c1cc(-c2ccccc2)oc1CN.Cl. The molecule has 5 heteroatoms. The lowest BCUT2D eigenvalue weighted by atomic mass is 10.1. The number of hydrogen-bond acceptors (Lipinski definition) is 4. The first-order chi connectivity index (χ1) is 8.26. The molecule has 0 aliphatic rings. The monoisotopic (exact) mass is 267 g/mol. The zero-order valence-corrected chi connectivity index (χ0v) is 10.7. The van der Waals surface area contributed by atoms with E-state index in [0.717, 1.165) is 5.56 Å². The molecule has 0 amide bonds. The Labute approximate surface area is 111 Å². The first kappa shape index (κ1) is 14.3. The van der Waals surface area contributed by atoms with Crippen LogP contribution < -0.4 is 5.73 Å². The number of hydrogen-bond donors (Lipinski definition) is 1. The maximum Gasteiger partial charge on any atom is 0.341 e. The fourth-order valence-corrected chi connectivity index (χ4v) is 1.61. The second-order valence-electron chi connectivity index (χ2n) is 3.51. The minimum atomic E-state index is -0.434. The van der Waals surface area contributed by atoms with Crippen LogP contribution in [0.25, 0.3) is 11.3 Å². The van der Waals surface area contributed by atoms with E-state index in [4.69, 9.17) is 10.2 Å². The van der Waals surface area contributed by atoms with Crippen molar-refractivity contribution in [2.24, 2.45) is 5.73 Å². The second kappa shape index (κ2) is 6.23. The molecule has 0 fully saturated rings. The van der Waals surface area contributed by atoms with Crippen molar-refractivity contribution in [3.63, 3.8) is 0 Å². The highest BCUT2D eigenvalue weighted by Crippen LogP contribution is 2.25. The molecule has 0 aliphatic heterocycles. The zero-order valence-electron chi connectivity index (χ0n) is 9.88. The molecule has 0 saturated heterocycles. The van der Waals surface area contributed by atoms with E-state index in [1.54, 1.807) is 6.07 Å². The third-order valence-corrected chi connectivity index (χ3v) is 2.46. The molecule has 2 rings (SSSR count). The van der Waals surface area contributed by atoms with Crippen LogP contribution in [-0.4, -0.2) is 13.1 Å². The smallest absolute Gasteiger partial charge is 0.341 e. The van der Waals surface area contributed by atoms with E-state index in [9.17, 15) is 4.79 Å². The molecule has 0 bridgehead atoms. The summed E-state index contributed by atoms with van der Waals surface area (Å²) in [6, 6.07) is 11.2. The van der Waals surface area contributed by atoms with Gasteiger partial charge in [0.25, 0.3) is 0 Å². The fraction of sp³-hybridized carbons (Fsp3) is 0.154. The molecule has 1 aromatic heterocycles. The number of benzene rings is 1. The standard InChI is InChI=1S/C13H13NO3.ClH/c1-16-13(15)10-7-11(17-12(10)8-14)9-5-3-2-4-6-9;/h2-7H,8,14H2,1H3;1H. The zero-order chi connectivity index (χ0) is 12.3. The average Bonchev–Trinajstić information content (AvgIpc) is 2.83. The molecule has 0 unspecified atom stereocenters. The minimum absolute atomic E-state index is 0.